The molecule has 2 heterocycles. The zero-order chi connectivity index (χ0) is 19.8. The third kappa shape index (κ3) is 3.99. The van der Waals surface area contributed by atoms with Gasteiger partial charge < -0.3 is 4.98 Å². The van der Waals surface area contributed by atoms with Gasteiger partial charge in [-0.05, 0) is 40.5 Å². The van der Waals surface area contributed by atoms with Crippen LogP contribution in [0.25, 0.3) is 11.0 Å². The number of rotatable bonds is 6. The van der Waals surface area contributed by atoms with E-state index in [0.717, 1.165) is 6.07 Å². The van der Waals surface area contributed by atoms with Gasteiger partial charge in [-0.2, -0.15) is 0 Å². The van der Waals surface area contributed by atoms with Gasteiger partial charge in [0.1, 0.15) is 11.5 Å². The molecule has 27 heavy (non-hydrogen) atoms. The quantitative estimate of drug-likeness (QED) is 0.515. The predicted molar refractivity (Wildman–Crippen MR) is 106 cm³/mol. The van der Waals surface area contributed by atoms with Crippen molar-refractivity contribution >= 4 is 60.1 Å². The summed E-state index contributed by atoms with van der Waals surface area (Å²) in [6.45, 7) is 1.71. The SMILES string of the molecule is CCCS(=O)(=O)Nc1ccc(F)c(C(=O)c2c[nH]c3ncc(Br)cc23)c1Cl. The lowest BCUT2D eigenvalue weighted by Gasteiger charge is -2.12. The number of carbonyl (C=O) groups excluding carboxylic acids is 1. The van der Waals surface area contributed by atoms with Crippen molar-refractivity contribution in [3.63, 3.8) is 0 Å². The maximum atomic E-state index is 14.4. The number of nitrogens with zero attached hydrogens (tertiary/aromatic N) is 1. The molecule has 0 fully saturated rings. The number of H-pyrrole nitrogens is 1. The Kier molecular flexibility index (Phi) is 5.55. The number of aromatic amines is 1. The minimum atomic E-state index is -3.65. The number of fused-ring (bicyclic) bond motifs is 1. The summed E-state index contributed by atoms with van der Waals surface area (Å²) in [5.41, 5.74) is 0.175. The summed E-state index contributed by atoms with van der Waals surface area (Å²) in [6, 6.07) is 3.87. The van der Waals surface area contributed by atoms with E-state index >= 15 is 0 Å². The first-order chi connectivity index (χ1) is 12.7. The van der Waals surface area contributed by atoms with Gasteiger partial charge in [-0.15, -0.1) is 0 Å². The fourth-order valence-electron chi connectivity index (χ4n) is 2.63. The van der Waals surface area contributed by atoms with Gasteiger partial charge in [0.05, 0.1) is 22.0 Å². The molecule has 0 saturated carbocycles. The van der Waals surface area contributed by atoms with Gasteiger partial charge in [0.2, 0.25) is 10.0 Å². The Morgan fingerprint density at radius 3 is 2.85 bits per heavy atom. The van der Waals surface area contributed by atoms with Gasteiger partial charge in [-0.25, -0.2) is 17.8 Å². The lowest BCUT2D eigenvalue weighted by molar-refractivity contribution is 0.103. The maximum Gasteiger partial charge on any atom is 0.232 e. The van der Waals surface area contributed by atoms with Crippen molar-refractivity contribution in [1.29, 1.82) is 0 Å². The van der Waals surface area contributed by atoms with E-state index in [9.17, 15) is 17.6 Å². The van der Waals surface area contributed by atoms with Crippen LogP contribution in [0.1, 0.15) is 29.3 Å². The van der Waals surface area contributed by atoms with E-state index in [-0.39, 0.29) is 22.0 Å². The van der Waals surface area contributed by atoms with Crippen molar-refractivity contribution in [2.75, 3.05) is 10.5 Å². The minimum absolute atomic E-state index is 0.0472. The van der Waals surface area contributed by atoms with E-state index in [4.69, 9.17) is 11.6 Å². The van der Waals surface area contributed by atoms with Crippen molar-refractivity contribution < 1.29 is 17.6 Å². The van der Waals surface area contributed by atoms with Gasteiger partial charge >= 0.3 is 0 Å². The highest BCUT2D eigenvalue weighted by molar-refractivity contribution is 9.10. The number of sulfonamides is 1. The predicted octanol–water partition coefficient (Wildman–Crippen LogP) is 4.50. The molecule has 0 aliphatic rings. The fraction of sp³-hybridized carbons (Fsp3) is 0.176. The van der Waals surface area contributed by atoms with E-state index in [1.54, 1.807) is 19.2 Å². The Balaban J connectivity index is 2.09. The largest absolute Gasteiger partial charge is 0.345 e. The Hall–Kier alpha value is -1.97. The first kappa shape index (κ1) is 19.8. The van der Waals surface area contributed by atoms with E-state index in [0.29, 0.717) is 21.9 Å². The van der Waals surface area contributed by atoms with Crippen LogP contribution in [0.5, 0.6) is 0 Å². The van der Waals surface area contributed by atoms with Crippen LogP contribution in [0.4, 0.5) is 10.1 Å². The van der Waals surface area contributed by atoms with Crippen LogP contribution in [-0.2, 0) is 10.0 Å². The summed E-state index contributed by atoms with van der Waals surface area (Å²) in [4.78, 5) is 19.9. The van der Waals surface area contributed by atoms with Crippen LogP contribution in [-0.4, -0.2) is 29.9 Å². The highest BCUT2D eigenvalue weighted by atomic mass is 79.9. The highest BCUT2D eigenvalue weighted by Crippen LogP contribution is 2.32. The average Bonchev–Trinajstić information content (AvgIpc) is 3.00. The second-order valence-corrected chi connectivity index (χ2v) is 8.92. The van der Waals surface area contributed by atoms with Crippen LogP contribution in [0.15, 0.2) is 35.1 Å². The molecule has 0 aliphatic carbocycles. The molecule has 3 rings (SSSR count). The molecule has 0 spiro atoms. The number of aromatic nitrogens is 2. The minimum Gasteiger partial charge on any atom is -0.345 e. The lowest BCUT2D eigenvalue weighted by Crippen LogP contribution is -2.17. The van der Waals surface area contributed by atoms with Gasteiger partial charge in [-0.3, -0.25) is 9.52 Å². The third-order valence-electron chi connectivity index (χ3n) is 3.80. The molecule has 0 amide bonds. The van der Waals surface area contributed by atoms with Gasteiger partial charge in [0.15, 0.2) is 5.78 Å². The van der Waals surface area contributed by atoms with Crippen LogP contribution in [0.3, 0.4) is 0 Å². The molecule has 0 unspecified atom stereocenters. The van der Waals surface area contributed by atoms with Crippen molar-refractivity contribution in [3.8, 4) is 0 Å². The Labute approximate surface area is 168 Å². The molecular formula is C17H14BrClFN3O3S. The second kappa shape index (κ2) is 7.57. The monoisotopic (exact) mass is 473 g/mol. The van der Waals surface area contributed by atoms with E-state index in [1.807, 2.05) is 0 Å². The molecule has 1 aromatic carbocycles. The first-order valence-corrected chi connectivity index (χ1v) is 10.7. The standard InChI is InChI=1S/C17H14BrClFN3O3S/c1-2-5-27(25,26)23-13-4-3-12(20)14(15(13)19)16(24)11-8-22-17-10(11)6-9(18)7-21-17/h3-4,6-8,23H,2,5H2,1H3,(H,21,22). The number of pyridine rings is 1. The van der Waals surface area contributed by atoms with Crippen molar-refractivity contribution in [3.05, 3.63) is 57.0 Å². The molecule has 0 saturated heterocycles. The Bertz CT molecular complexity index is 1150. The molecular weight excluding hydrogens is 461 g/mol. The van der Waals surface area contributed by atoms with E-state index in [1.165, 1.54) is 12.3 Å². The van der Waals surface area contributed by atoms with Crippen LogP contribution < -0.4 is 4.72 Å². The molecule has 0 bridgehead atoms. The molecule has 3 aromatic rings. The number of hydrogen-bond acceptors (Lipinski definition) is 4. The van der Waals surface area contributed by atoms with Gasteiger partial charge in [0, 0.05) is 27.8 Å². The number of benzene rings is 1. The number of anilines is 1. The topological polar surface area (TPSA) is 91.9 Å². The van der Waals surface area contributed by atoms with Crippen LogP contribution in [0, 0.1) is 5.82 Å². The Morgan fingerprint density at radius 1 is 1.41 bits per heavy atom. The molecule has 0 atom stereocenters. The number of hydrogen-bond donors (Lipinski definition) is 2. The zero-order valence-electron chi connectivity index (χ0n) is 14.0. The zero-order valence-corrected chi connectivity index (χ0v) is 17.2. The third-order valence-corrected chi connectivity index (χ3v) is 6.10. The van der Waals surface area contributed by atoms with Crippen molar-refractivity contribution in [2.24, 2.45) is 0 Å². The molecule has 10 heteroatoms. The number of carbonyl (C=O) groups is 1. The Morgan fingerprint density at radius 2 is 2.15 bits per heavy atom. The van der Waals surface area contributed by atoms with Gasteiger partial charge in [-0.1, -0.05) is 18.5 Å². The molecule has 0 aliphatic heterocycles. The number of ketones is 1. The number of nitrogens with one attached hydrogen (secondary N) is 2. The summed E-state index contributed by atoms with van der Waals surface area (Å²) < 4.78 is 41.3. The summed E-state index contributed by atoms with van der Waals surface area (Å²) in [5.74, 6) is -1.65. The average molecular weight is 475 g/mol. The molecule has 142 valence electrons. The van der Waals surface area contributed by atoms with E-state index in [2.05, 4.69) is 30.6 Å². The van der Waals surface area contributed by atoms with E-state index < -0.39 is 27.2 Å². The lowest BCUT2D eigenvalue weighted by atomic mass is 10.0. The summed E-state index contributed by atoms with van der Waals surface area (Å²) >= 11 is 9.47. The summed E-state index contributed by atoms with van der Waals surface area (Å²) in [7, 11) is -3.65. The molecule has 2 aromatic heterocycles. The normalized spacial score (nSPS) is 11.7. The maximum absolute atomic E-state index is 14.4. The molecule has 0 radical (unpaired) electrons. The van der Waals surface area contributed by atoms with Crippen LogP contribution in [0.2, 0.25) is 5.02 Å². The fourth-order valence-corrected chi connectivity index (χ4v) is 4.45. The highest BCUT2D eigenvalue weighted by Gasteiger charge is 2.24. The smallest absolute Gasteiger partial charge is 0.232 e. The first-order valence-electron chi connectivity index (χ1n) is 7.89. The van der Waals surface area contributed by atoms with Gasteiger partial charge in [0.25, 0.3) is 0 Å². The summed E-state index contributed by atoms with van der Waals surface area (Å²) in [6.07, 6.45) is 3.37. The molecule has 6 nitrogen and oxygen atoms in total. The second-order valence-electron chi connectivity index (χ2n) is 5.79. The van der Waals surface area contributed by atoms with Crippen LogP contribution >= 0.6 is 27.5 Å². The number of halogens is 3. The summed E-state index contributed by atoms with van der Waals surface area (Å²) in [5, 5.41) is 0.193. The van der Waals surface area contributed by atoms with Crippen molar-refractivity contribution in [1.82, 2.24) is 9.97 Å². The van der Waals surface area contributed by atoms with Crippen molar-refractivity contribution in [2.45, 2.75) is 13.3 Å². The molecule has 2 N–H and O–H groups in total.